The Morgan fingerprint density at radius 3 is 2.72 bits per heavy atom. The van der Waals surface area contributed by atoms with E-state index >= 15 is 0 Å². The minimum absolute atomic E-state index is 0.335. The van der Waals surface area contributed by atoms with Crippen molar-refractivity contribution in [3.63, 3.8) is 0 Å². The van der Waals surface area contributed by atoms with Gasteiger partial charge in [-0.25, -0.2) is 0 Å². The number of hydrogen-bond donors (Lipinski definition) is 1. The minimum Gasteiger partial charge on any atom is -0.362 e. The molecular weight excluding hydrogens is 260 g/mol. The number of hydrogen-bond acceptors (Lipinski definition) is 3. The van der Waals surface area contributed by atoms with Crippen molar-refractivity contribution in [2.75, 3.05) is 18.1 Å². The van der Waals surface area contributed by atoms with Crippen LogP contribution in [0.3, 0.4) is 0 Å². The van der Waals surface area contributed by atoms with Gasteiger partial charge in [-0.2, -0.15) is 11.8 Å². The van der Waals surface area contributed by atoms with Crippen LogP contribution in [0.4, 0.5) is 0 Å². The van der Waals surface area contributed by atoms with E-state index in [4.69, 9.17) is 4.99 Å². The first kappa shape index (κ1) is 14.6. The van der Waals surface area contributed by atoms with Gasteiger partial charge in [-0.15, -0.1) is 0 Å². The fourth-order valence-corrected chi connectivity index (χ4v) is 4.57. The second-order valence-corrected chi connectivity index (χ2v) is 8.83. The molecule has 2 fully saturated rings. The zero-order valence-corrected chi connectivity index (χ0v) is 13.5. The van der Waals surface area contributed by atoms with Crippen LogP contribution in [0.5, 0.6) is 0 Å². The zero-order valence-electron chi connectivity index (χ0n) is 11.9. The van der Waals surface area contributed by atoms with E-state index in [0.29, 0.717) is 11.5 Å². The summed E-state index contributed by atoms with van der Waals surface area (Å²) in [4.78, 5) is 4.82. The Morgan fingerprint density at radius 2 is 2.06 bits per heavy atom. The molecule has 0 spiro atoms. The Bertz CT molecular complexity index is 291. The lowest BCUT2D eigenvalue weighted by atomic mass is 9.85. The Morgan fingerprint density at radius 1 is 1.22 bits per heavy atom. The van der Waals surface area contributed by atoms with Crippen molar-refractivity contribution >= 4 is 28.7 Å². The lowest BCUT2D eigenvalue weighted by Gasteiger charge is -2.35. The molecule has 2 atom stereocenters. The van der Waals surface area contributed by atoms with E-state index in [1.807, 2.05) is 11.8 Å². The Kier molecular flexibility index (Phi) is 5.31. The highest BCUT2D eigenvalue weighted by Crippen LogP contribution is 2.28. The van der Waals surface area contributed by atoms with Crippen LogP contribution in [0, 0.1) is 5.41 Å². The quantitative estimate of drug-likeness (QED) is 0.836. The first-order chi connectivity index (χ1) is 8.55. The summed E-state index contributed by atoms with van der Waals surface area (Å²) in [5, 5.41) is 5.59. The summed E-state index contributed by atoms with van der Waals surface area (Å²) >= 11 is 4.02. The van der Waals surface area contributed by atoms with Crippen LogP contribution in [0.2, 0.25) is 0 Å². The first-order valence-electron chi connectivity index (χ1n) is 7.11. The molecule has 0 aromatic heterocycles. The van der Waals surface area contributed by atoms with Gasteiger partial charge in [0.25, 0.3) is 0 Å². The molecule has 0 amide bonds. The van der Waals surface area contributed by atoms with Crippen molar-refractivity contribution in [2.24, 2.45) is 10.4 Å². The monoisotopic (exact) mass is 286 g/mol. The Hall–Kier alpha value is 0.170. The molecule has 4 heteroatoms. The Labute approximate surface area is 120 Å². The topological polar surface area (TPSA) is 24.4 Å². The average Bonchev–Trinajstić information content (AvgIpc) is 2.37. The van der Waals surface area contributed by atoms with Gasteiger partial charge in [-0.05, 0) is 30.4 Å². The van der Waals surface area contributed by atoms with Gasteiger partial charge >= 0.3 is 0 Å². The SMILES string of the molecule is CC(C)(C)C1CCSC(=NCC2CCCCS2)N1. The molecule has 0 aliphatic carbocycles. The maximum Gasteiger partial charge on any atom is 0.156 e. The van der Waals surface area contributed by atoms with E-state index in [1.165, 1.54) is 42.4 Å². The molecular formula is C14H26N2S2. The van der Waals surface area contributed by atoms with Crippen LogP contribution in [-0.2, 0) is 0 Å². The summed E-state index contributed by atoms with van der Waals surface area (Å²) in [7, 11) is 0. The molecule has 0 saturated carbocycles. The number of nitrogens with zero attached hydrogens (tertiary/aromatic N) is 1. The lowest BCUT2D eigenvalue weighted by Crippen LogP contribution is -2.46. The molecule has 2 rings (SSSR count). The van der Waals surface area contributed by atoms with Gasteiger partial charge in [0, 0.05) is 17.0 Å². The van der Waals surface area contributed by atoms with Crippen molar-refractivity contribution in [3.8, 4) is 0 Å². The third kappa shape index (κ3) is 4.37. The van der Waals surface area contributed by atoms with E-state index in [1.54, 1.807) is 0 Å². The number of rotatable bonds is 2. The highest BCUT2D eigenvalue weighted by atomic mass is 32.2. The molecule has 18 heavy (non-hydrogen) atoms. The fraction of sp³-hybridized carbons (Fsp3) is 0.929. The molecule has 1 N–H and O–H groups in total. The standard InChI is InChI=1S/C14H26N2S2/c1-14(2,3)12-7-9-18-13(16-12)15-10-11-6-4-5-8-17-11/h11-12H,4-10H2,1-3H3,(H,15,16). The van der Waals surface area contributed by atoms with Gasteiger partial charge in [0.05, 0.1) is 6.54 Å². The van der Waals surface area contributed by atoms with Gasteiger partial charge in [-0.3, -0.25) is 4.99 Å². The van der Waals surface area contributed by atoms with Crippen LogP contribution in [0.15, 0.2) is 4.99 Å². The molecule has 104 valence electrons. The van der Waals surface area contributed by atoms with Crippen LogP contribution >= 0.6 is 23.5 Å². The van der Waals surface area contributed by atoms with Gasteiger partial charge in [-0.1, -0.05) is 39.0 Å². The molecule has 2 aliphatic heterocycles. The largest absolute Gasteiger partial charge is 0.362 e. The van der Waals surface area contributed by atoms with Crippen molar-refractivity contribution in [3.05, 3.63) is 0 Å². The lowest BCUT2D eigenvalue weighted by molar-refractivity contribution is 0.290. The summed E-state index contributed by atoms with van der Waals surface area (Å²) in [6, 6.07) is 0.580. The summed E-state index contributed by atoms with van der Waals surface area (Å²) < 4.78 is 0. The third-order valence-electron chi connectivity index (χ3n) is 3.70. The molecule has 2 unspecified atom stereocenters. The predicted molar refractivity (Wildman–Crippen MR) is 85.9 cm³/mol. The number of nitrogens with one attached hydrogen (secondary N) is 1. The average molecular weight is 287 g/mol. The van der Waals surface area contributed by atoms with Crippen molar-refractivity contribution in [1.29, 1.82) is 0 Å². The van der Waals surface area contributed by atoms with Crippen molar-refractivity contribution < 1.29 is 0 Å². The highest BCUT2D eigenvalue weighted by molar-refractivity contribution is 8.13. The molecule has 0 bridgehead atoms. The molecule has 0 aromatic rings. The van der Waals surface area contributed by atoms with E-state index < -0.39 is 0 Å². The van der Waals surface area contributed by atoms with E-state index in [-0.39, 0.29) is 0 Å². The molecule has 2 saturated heterocycles. The minimum atomic E-state index is 0.335. The van der Waals surface area contributed by atoms with Gasteiger partial charge in [0.15, 0.2) is 5.17 Å². The van der Waals surface area contributed by atoms with Crippen LogP contribution in [-0.4, -0.2) is 34.5 Å². The summed E-state index contributed by atoms with van der Waals surface area (Å²) in [5.41, 5.74) is 0.335. The van der Waals surface area contributed by atoms with Gasteiger partial charge in [0.2, 0.25) is 0 Å². The molecule has 2 aliphatic rings. The fourth-order valence-electron chi connectivity index (χ4n) is 2.41. The maximum atomic E-state index is 4.82. The summed E-state index contributed by atoms with van der Waals surface area (Å²) in [6.07, 6.45) is 5.41. The maximum absolute atomic E-state index is 4.82. The molecule has 2 heterocycles. The molecule has 0 radical (unpaired) electrons. The third-order valence-corrected chi connectivity index (χ3v) is 6.04. The van der Waals surface area contributed by atoms with Crippen LogP contribution in [0.1, 0.15) is 46.5 Å². The number of amidine groups is 1. The second kappa shape index (κ2) is 6.56. The smallest absolute Gasteiger partial charge is 0.156 e. The van der Waals surface area contributed by atoms with E-state index in [2.05, 4.69) is 37.8 Å². The van der Waals surface area contributed by atoms with Crippen molar-refractivity contribution in [2.45, 2.75) is 57.7 Å². The van der Waals surface area contributed by atoms with Gasteiger partial charge in [0.1, 0.15) is 0 Å². The second-order valence-electron chi connectivity index (χ2n) is 6.33. The highest BCUT2D eigenvalue weighted by Gasteiger charge is 2.28. The normalized spacial score (nSPS) is 32.3. The zero-order chi connectivity index (χ0) is 13.0. The molecule has 0 aromatic carbocycles. The number of thioether (sulfide) groups is 2. The Balaban J connectivity index is 1.84. The summed E-state index contributed by atoms with van der Waals surface area (Å²) in [6.45, 7) is 7.96. The van der Waals surface area contributed by atoms with Crippen LogP contribution < -0.4 is 5.32 Å². The van der Waals surface area contributed by atoms with Crippen molar-refractivity contribution in [1.82, 2.24) is 5.32 Å². The van der Waals surface area contributed by atoms with E-state index in [9.17, 15) is 0 Å². The van der Waals surface area contributed by atoms with Gasteiger partial charge < -0.3 is 5.32 Å². The number of aliphatic imine (C=N–C) groups is 1. The summed E-state index contributed by atoms with van der Waals surface area (Å²) in [5.74, 6) is 2.55. The van der Waals surface area contributed by atoms with Crippen LogP contribution in [0.25, 0.3) is 0 Å². The van der Waals surface area contributed by atoms with E-state index in [0.717, 1.165) is 11.8 Å². The first-order valence-corrected chi connectivity index (χ1v) is 9.14. The molecule has 2 nitrogen and oxygen atoms in total. The predicted octanol–water partition coefficient (Wildman–Crippen LogP) is 3.77.